The van der Waals surface area contributed by atoms with Crippen molar-refractivity contribution in [1.29, 1.82) is 0 Å². The molecule has 40 heavy (non-hydrogen) atoms. The van der Waals surface area contributed by atoms with Gasteiger partial charge in [0.15, 0.2) is 11.5 Å². The third kappa shape index (κ3) is 6.07. The summed E-state index contributed by atoms with van der Waals surface area (Å²) in [5, 5.41) is 11.4. The lowest BCUT2D eigenvalue weighted by Crippen LogP contribution is -2.47. The van der Waals surface area contributed by atoms with Crippen LogP contribution in [-0.4, -0.2) is 65.2 Å². The summed E-state index contributed by atoms with van der Waals surface area (Å²) in [6.07, 6.45) is 1.53. The summed E-state index contributed by atoms with van der Waals surface area (Å²) < 4.78 is 18.4. The highest BCUT2D eigenvalue weighted by Crippen LogP contribution is 2.33. The van der Waals surface area contributed by atoms with Crippen LogP contribution in [0.3, 0.4) is 0 Å². The number of methoxy groups -OCH3 is 2. The number of para-hydroxylation sites is 1. The molecular formula is C30H33N5O5. The number of benzene rings is 3. The van der Waals surface area contributed by atoms with Crippen molar-refractivity contribution >= 4 is 22.8 Å². The van der Waals surface area contributed by atoms with E-state index < -0.39 is 6.04 Å². The van der Waals surface area contributed by atoms with Crippen LogP contribution in [0, 0.1) is 0 Å². The Hall–Kier alpha value is -4.44. The van der Waals surface area contributed by atoms with Crippen LogP contribution in [0.15, 0.2) is 72.8 Å². The van der Waals surface area contributed by atoms with Crippen molar-refractivity contribution in [2.45, 2.75) is 38.1 Å². The molecule has 2 amide bonds. The third-order valence-electron chi connectivity index (χ3n) is 7.04. The van der Waals surface area contributed by atoms with Crippen LogP contribution in [-0.2, 0) is 27.4 Å². The molecule has 1 fully saturated rings. The summed E-state index contributed by atoms with van der Waals surface area (Å²) in [5.41, 5.74) is 2.98. The number of nitrogens with one attached hydrogen (secondary N) is 1. The fraction of sp³-hybridized carbons (Fsp3) is 0.333. The zero-order valence-corrected chi connectivity index (χ0v) is 22.7. The summed E-state index contributed by atoms with van der Waals surface area (Å²) in [5.74, 6) is 0.403. The third-order valence-corrected chi connectivity index (χ3v) is 7.04. The number of hydrogen-bond acceptors (Lipinski definition) is 7. The number of amides is 2. The van der Waals surface area contributed by atoms with Gasteiger partial charge in [0.1, 0.15) is 18.1 Å². The van der Waals surface area contributed by atoms with Gasteiger partial charge in [-0.25, -0.2) is 4.68 Å². The maximum atomic E-state index is 14.1. The van der Waals surface area contributed by atoms with E-state index in [9.17, 15) is 9.59 Å². The molecular weight excluding hydrogens is 510 g/mol. The van der Waals surface area contributed by atoms with Crippen LogP contribution in [0.4, 0.5) is 0 Å². The molecule has 4 aromatic rings. The Labute approximate surface area is 232 Å². The molecule has 10 nitrogen and oxygen atoms in total. The normalized spacial score (nSPS) is 15.5. The van der Waals surface area contributed by atoms with Gasteiger partial charge in [-0.15, -0.1) is 5.10 Å². The Bertz CT molecular complexity index is 1450. The number of aromatic nitrogens is 3. The average molecular weight is 544 g/mol. The highest BCUT2D eigenvalue weighted by Gasteiger charge is 2.35. The maximum Gasteiger partial charge on any atom is 0.247 e. The molecule has 2 atom stereocenters. The van der Waals surface area contributed by atoms with Crippen LogP contribution in [0.25, 0.3) is 11.0 Å². The standard InChI is InChI=1S/C30H33N5O5/c1-38-26-15-14-22(17-27(26)39-2)29(30(37)31-18-21-9-4-3-5-10-21)34(19-23-11-8-16-40-23)28(36)20-35-25-13-7-6-12-24(25)32-33-35/h3-7,9-10,12-15,17,23,29H,8,11,16,18-20H2,1-2H3,(H,31,37)/t23-,29-/m0/s1. The lowest BCUT2D eigenvalue weighted by atomic mass is 10.0. The van der Waals surface area contributed by atoms with Gasteiger partial charge in [-0.3, -0.25) is 9.59 Å². The SMILES string of the molecule is COc1ccc([C@@H](C(=O)NCc2ccccc2)N(C[C@@H]2CCCO2)C(=O)Cn2nnc3ccccc32)cc1OC. The van der Waals surface area contributed by atoms with E-state index in [1.807, 2.05) is 54.6 Å². The largest absolute Gasteiger partial charge is 0.493 e. The molecule has 0 unspecified atom stereocenters. The van der Waals surface area contributed by atoms with Gasteiger partial charge in [0.25, 0.3) is 0 Å². The van der Waals surface area contributed by atoms with E-state index in [1.54, 1.807) is 34.9 Å². The quantitative estimate of drug-likeness (QED) is 0.308. The minimum absolute atomic E-state index is 0.0804. The fourth-order valence-corrected chi connectivity index (χ4v) is 4.99. The van der Waals surface area contributed by atoms with Gasteiger partial charge >= 0.3 is 0 Å². The number of hydrogen-bond donors (Lipinski definition) is 1. The first-order chi connectivity index (χ1) is 19.6. The van der Waals surface area contributed by atoms with Crippen molar-refractivity contribution in [2.75, 3.05) is 27.4 Å². The molecule has 0 aliphatic carbocycles. The Balaban J connectivity index is 1.51. The molecule has 5 rings (SSSR count). The van der Waals surface area contributed by atoms with E-state index in [1.165, 1.54) is 7.11 Å². The summed E-state index contributed by atoms with van der Waals surface area (Å²) in [7, 11) is 3.09. The number of carbonyl (C=O) groups excluding carboxylic acids is 2. The van der Waals surface area contributed by atoms with Crippen molar-refractivity contribution in [3.8, 4) is 11.5 Å². The highest BCUT2D eigenvalue weighted by molar-refractivity contribution is 5.89. The Morgan fingerprint density at radius 1 is 1.05 bits per heavy atom. The molecule has 0 spiro atoms. The fourth-order valence-electron chi connectivity index (χ4n) is 4.99. The Morgan fingerprint density at radius 2 is 1.82 bits per heavy atom. The van der Waals surface area contributed by atoms with Gasteiger partial charge in [0.2, 0.25) is 11.8 Å². The second-order valence-electron chi connectivity index (χ2n) is 9.64. The second kappa shape index (κ2) is 12.6. The second-order valence-corrected chi connectivity index (χ2v) is 9.64. The van der Waals surface area contributed by atoms with Crippen LogP contribution in [0.2, 0.25) is 0 Å². The molecule has 1 aliphatic rings. The zero-order chi connectivity index (χ0) is 27.9. The molecule has 1 saturated heterocycles. The number of ether oxygens (including phenoxy) is 3. The van der Waals surface area contributed by atoms with Crippen molar-refractivity contribution in [3.63, 3.8) is 0 Å². The summed E-state index contributed by atoms with van der Waals surface area (Å²) >= 11 is 0. The topological polar surface area (TPSA) is 108 Å². The molecule has 208 valence electrons. The van der Waals surface area contributed by atoms with E-state index in [4.69, 9.17) is 14.2 Å². The molecule has 1 aliphatic heterocycles. The molecule has 1 aromatic heterocycles. The molecule has 0 radical (unpaired) electrons. The van der Waals surface area contributed by atoms with E-state index in [0.29, 0.717) is 35.7 Å². The molecule has 0 bridgehead atoms. The van der Waals surface area contributed by atoms with Gasteiger partial charge < -0.3 is 24.4 Å². The van der Waals surface area contributed by atoms with Gasteiger partial charge in [0.05, 0.1) is 25.8 Å². The van der Waals surface area contributed by atoms with Crippen molar-refractivity contribution in [1.82, 2.24) is 25.2 Å². The maximum absolute atomic E-state index is 14.1. The average Bonchev–Trinajstić information content (AvgIpc) is 3.66. The van der Waals surface area contributed by atoms with Gasteiger partial charge in [-0.1, -0.05) is 53.7 Å². The van der Waals surface area contributed by atoms with Crippen LogP contribution in [0.5, 0.6) is 11.5 Å². The predicted octanol–water partition coefficient (Wildman–Crippen LogP) is 3.51. The minimum atomic E-state index is -0.949. The zero-order valence-electron chi connectivity index (χ0n) is 22.7. The molecule has 1 N–H and O–H groups in total. The van der Waals surface area contributed by atoms with Crippen LogP contribution in [0.1, 0.15) is 30.0 Å². The summed E-state index contributed by atoms with van der Waals surface area (Å²) in [6.45, 7) is 1.12. The summed E-state index contributed by atoms with van der Waals surface area (Å²) in [4.78, 5) is 29.6. The van der Waals surface area contributed by atoms with E-state index in [2.05, 4.69) is 15.6 Å². The smallest absolute Gasteiger partial charge is 0.247 e. The highest BCUT2D eigenvalue weighted by atomic mass is 16.5. The van der Waals surface area contributed by atoms with Crippen LogP contribution < -0.4 is 14.8 Å². The van der Waals surface area contributed by atoms with E-state index in [-0.39, 0.29) is 31.0 Å². The van der Waals surface area contributed by atoms with Crippen molar-refractivity contribution in [2.24, 2.45) is 0 Å². The lowest BCUT2D eigenvalue weighted by Gasteiger charge is -2.33. The predicted molar refractivity (Wildman–Crippen MR) is 149 cm³/mol. The molecule has 2 heterocycles. The van der Waals surface area contributed by atoms with Gasteiger partial charge in [0, 0.05) is 19.7 Å². The summed E-state index contributed by atoms with van der Waals surface area (Å²) in [6, 6.07) is 21.4. The minimum Gasteiger partial charge on any atom is -0.493 e. The number of fused-ring (bicyclic) bond motifs is 1. The van der Waals surface area contributed by atoms with Crippen molar-refractivity contribution in [3.05, 3.63) is 83.9 Å². The van der Waals surface area contributed by atoms with Crippen LogP contribution >= 0.6 is 0 Å². The number of nitrogens with zero attached hydrogens (tertiary/aromatic N) is 4. The Morgan fingerprint density at radius 3 is 2.58 bits per heavy atom. The van der Waals surface area contributed by atoms with Gasteiger partial charge in [-0.05, 0) is 48.2 Å². The van der Waals surface area contributed by atoms with E-state index in [0.717, 1.165) is 23.9 Å². The van der Waals surface area contributed by atoms with Crippen molar-refractivity contribution < 1.29 is 23.8 Å². The number of carbonyl (C=O) groups is 2. The Kier molecular flexibility index (Phi) is 8.56. The van der Waals surface area contributed by atoms with E-state index >= 15 is 0 Å². The lowest BCUT2D eigenvalue weighted by molar-refractivity contribution is -0.143. The molecule has 0 saturated carbocycles. The number of rotatable bonds is 11. The van der Waals surface area contributed by atoms with Gasteiger partial charge in [-0.2, -0.15) is 0 Å². The molecule has 3 aromatic carbocycles. The first-order valence-corrected chi connectivity index (χ1v) is 13.3. The molecule has 10 heteroatoms. The monoisotopic (exact) mass is 543 g/mol. The first kappa shape index (κ1) is 27.1. The first-order valence-electron chi connectivity index (χ1n) is 13.3.